The van der Waals surface area contributed by atoms with E-state index in [0.717, 1.165) is 37.7 Å². The van der Waals surface area contributed by atoms with Crippen molar-refractivity contribution < 1.29 is 10.2 Å². The van der Waals surface area contributed by atoms with Crippen LogP contribution in [0.4, 0.5) is 0 Å². The van der Waals surface area contributed by atoms with Crippen LogP contribution in [0.2, 0.25) is 0 Å². The van der Waals surface area contributed by atoms with Crippen LogP contribution in [0.1, 0.15) is 58.8 Å². The second kappa shape index (κ2) is 7.74. The molecule has 0 radical (unpaired) electrons. The Balaban J connectivity index is 1.54. The lowest BCUT2D eigenvalue weighted by atomic mass is 9.49. The predicted molar refractivity (Wildman–Crippen MR) is 124 cm³/mol. The van der Waals surface area contributed by atoms with Crippen molar-refractivity contribution in [1.82, 2.24) is 9.55 Å². The van der Waals surface area contributed by atoms with Crippen molar-refractivity contribution in [2.24, 2.45) is 34.5 Å². The summed E-state index contributed by atoms with van der Waals surface area (Å²) in [6.07, 6.45) is 9.13. The third kappa shape index (κ3) is 3.29. The smallest absolute Gasteiger partial charge is 0.0958 e. The van der Waals surface area contributed by atoms with Gasteiger partial charge in [0.25, 0.3) is 0 Å². The Morgan fingerprint density at radius 2 is 1.94 bits per heavy atom. The minimum Gasteiger partial charge on any atom is -0.396 e. The summed E-state index contributed by atoms with van der Waals surface area (Å²) in [5, 5.41) is 20.6. The fourth-order valence-corrected chi connectivity index (χ4v) is 7.82. The van der Waals surface area contributed by atoms with Crippen molar-refractivity contribution in [3.63, 3.8) is 0 Å². The molecular weight excluding hydrogens is 384 g/mol. The molecule has 3 aliphatic carbocycles. The SMILES string of the molecule is C=C1CCC2C(Cn3cnc4ccccc43)C(C3(C)CCC(O)CC3CO)CCC12C. The Hall–Kier alpha value is -1.65. The number of benzene rings is 1. The third-order valence-electron chi connectivity index (χ3n) is 9.90. The Labute approximate surface area is 186 Å². The van der Waals surface area contributed by atoms with Crippen LogP contribution in [0.15, 0.2) is 42.7 Å². The van der Waals surface area contributed by atoms with Crippen LogP contribution in [0.5, 0.6) is 0 Å². The third-order valence-corrected chi connectivity index (χ3v) is 9.90. The van der Waals surface area contributed by atoms with E-state index < -0.39 is 0 Å². The van der Waals surface area contributed by atoms with Gasteiger partial charge in [0, 0.05) is 13.2 Å². The molecule has 7 atom stereocenters. The van der Waals surface area contributed by atoms with Crippen LogP contribution in [-0.4, -0.2) is 32.5 Å². The van der Waals surface area contributed by atoms with Crippen molar-refractivity contribution in [1.29, 1.82) is 0 Å². The Morgan fingerprint density at radius 3 is 2.74 bits per heavy atom. The largest absolute Gasteiger partial charge is 0.396 e. The van der Waals surface area contributed by atoms with Gasteiger partial charge in [-0.1, -0.05) is 38.1 Å². The van der Waals surface area contributed by atoms with E-state index in [1.165, 1.54) is 30.4 Å². The van der Waals surface area contributed by atoms with E-state index in [2.05, 4.69) is 54.2 Å². The standard InChI is InChI=1S/C27H38N2O2/c1-18-8-9-22-21(15-29-17-28-24-6-4-5-7-25(24)29)23(11-13-26(18,22)2)27(3)12-10-20(31)14-19(27)16-30/h4-7,17,19-23,30-31H,1,8-16H2,2-3H3. The summed E-state index contributed by atoms with van der Waals surface area (Å²) < 4.78 is 2.37. The molecule has 0 amide bonds. The maximum Gasteiger partial charge on any atom is 0.0958 e. The Kier molecular flexibility index (Phi) is 5.29. The molecule has 0 bridgehead atoms. The van der Waals surface area contributed by atoms with E-state index in [1.54, 1.807) is 0 Å². The molecule has 3 fully saturated rings. The monoisotopic (exact) mass is 422 g/mol. The number of aromatic nitrogens is 2. The molecule has 1 aromatic heterocycles. The molecule has 2 aromatic rings. The topological polar surface area (TPSA) is 58.3 Å². The molecule has 1 aromatic carbocycles. The van der Waals surface area contributed by atoms with Crippen LogP contribution < -0.4 is 0 Å². The number of imidazole rings is 1. The average Bonchev–Trinajstić information content (AvgIpc) is 3.31. The number of fused-ring (bicyclic) bond motifs is 2. The summed E-state index contributed by atoms with van der Waals surface area (Å²) in [7, 11) is 0. The summed E-state index contributed by atoms with van der Waals surface area (Å²) in [4.78, 5) is 4.67. The molecule has 31 heavy (non-hydrogen) atoms. The normalized spacial score (nSPS) is 40.9. The molecule has 2 N–H and O–H groups in total. The van der Waals surface area contributed by atoms with Crippen molar-refractivity contribution >= 4 is 11.0 Å². The fraction of sp³-hybridized carbons (Fsp3) is 0.667. The van der Waals surface area contributed by atoms with Crippen LogP contribution in [-0.2, 0) is 6.54 Å². The quantitative estimate of drug-likeness (QED) is 0.666. The van der Waals surface area contributed by atoms with Gasteiger partial charge in [0.05, 0.1) is 23.5 Å². The van der Waals surface area contributed by atoms with Crippen molar-refractivity contribution in [3.8, 4) is 0 Å². The zero-order valence-corrected chi connectivity index (χ0v) is 19.1. The lowest BCUT2D eigenvalue weighted by Gasteiger charge is -2.56. The lowest BCUT2D eigenvalue weighted by molar-refractivity contribution is -0.0973. The van der Waals surface area contributed by atoms with E-state index in [9.17, 15) is 10.2 Å². The van der Waals surface area contributed by atoms with Gasteiger partial charge < -0.3 is 14.8 Å². The first-order chi connectivity index (χ1) is 14.9. The van der Waals surface area contributed by atoms with Crippen molar-refractivity contribution in [3.05, 3.63) is 42.7 Å². The van der Waals surface area contributed by atoms with Crippen molar-refractivity contribution in [2.75, 3.05) is 6.61 Å². The number of allylic oxidation sites excluding steroid dienone is 1. The molecule has 0 aliphatic heterocycles. The number of hydrogen-bond acceptors (Lipinski definition) is 3. The lowest BCUT2D eigenvalue weighted by Crippen LogP contribution is -2.52. The van der Waals surface area contributed by atoms with Gasteiger partial charge in [0.2, 0.25) is 0 Å². The first-order valence-corrected chi connectivity index (χ1v) is 12.2. The van der Waals surface area contributed by atoms with Gasteiger partial charge in [-0.25, -0.2) is 4.98 Å². The molecule has 0 saturated heterocycles. The van der Waals surface area contributed by atoms with Gasteiger partial charge in [-0.3, -0.25) is 0 Å². The highest BCUT2D eigenvalue weighted by atomic mass is 16.3. The summed E-state index contributed by atoms with van der Waals surface area (Å²) in [5.41, 5.74) is 4.03. The molecule has 3 aliphatic rings. The van der Waals surface area contributed by atoms with E-state index in [-0.39, 0.29) is 29.5 Å². The van der Waals surface area contributed by atoms with E-state index in [0.29, 0.717) is 17.8 Å². The highest BCUT2D eigenvalue weighted by Gasteiger charge is 2.56. The Bertz CT molecular complexity index is 967. The van der Waals surface area contributed by atoms with Crippen LogP contribution in [0.3, 0.4) is 0 Å². The average molecular weight is 423 g/mol. The summed E-state index contributed by atoms with van der Waals surface area (Å²) in [5.74, 6) is 1.88. The number of nitrogens with zero attached hydrogens (tertiary/aromatic N) is 2. The minimum atomic E-state index is -0.263. The van der Waals surface area contributed by atoms with Gasteiger partial charge in [-0.05, 0) is 91.6 Å². The zero-order valence-electron chi connectivity index (χ0n) is 19.1. The minimum absolute atomic E-state index is 0.0697. The molecule has 7 unspecified atom stereocenters. The maximum absolute atomic E-state index is 10.3. The van der Waals surface area contributed by atoms with Crippen molar-refractivity contribution in [2.45, 2.75) is 71.4 Å². The van der Waals surface area contributed by atoms with Crippen LogP contribution in [0, 0.1) is 34.5 Å². The predicted octanol–water partition coefficient (Wildman–Crippen LogP) is 5.19. The molecule has 3 saturated carbocycles. The van der Waals surface area contributed by atoms with Gasteiger partial charge in [0.15, 0.2) is 0 Å². The van der Waals surface area contributed by atoms with Gasteiger partial charge >= 0.3 is 0 Å². The number of para-hydroxylation sites is 2. The van der Waals surface area contributed by atoms with Gasteiger partial charge in [-0.2, -0.15) is 0 Å². The zero-order chi connectivity index (χ0) is 21.8. The summed E-state index contributed by atoms with van der Waals surface area (Å²) >= 11 is 0. The number of hydrogen-bond donors (Lipinski definition) is 2. The van der Waals surface area contributed by atoms with E-state index in [4.69, 9.17) is 0 Å². The molecule has 4 nitrogen and oxygen atoms in total. The second-order valence-electron chi connectivity index (χ2n) is 11.2. The number of aliphatic hydroxyl groups is 2. The molecular formula is C27H38N2O2. The fourth-order valence-electron chi connectivity index (χ4n) is 7.82. The Morgan fingerprint density at radius 1 is 1.13 bits per heavy atom. The maximum atomic E-state index is 10.3. The number of aliphatic hydroxyl groups excluding tert-OH is 2. The molecule has 168 valence electrons. The second-order valence-corrected chi connectivity index (χ2v) is 11.2. The molecule has 4 heteroatoms. The van der Waals surface area contributed by atoms with Gasteiger partial charge in [0.1, 0.15) is 0 Å². The first kappa shape index (κ1) is 21.2. The molecule has 1 heterocycles. The van der Waals surface area contributed by atoms with E-state index >= 15 is 0 Å². The van der Waals surface area contributed by atoms with Gasteiger partial charge in [-0.15, -0.1) is 0 Å². The summed E-state index contributed by atoms with van der Waals surface area (Å²) in [6, 6.07) is 8.44. The highest BCUT2D eigenvalue weighted by molar-refractivity contribution is 5.74. The van der Waals surface area contributed by atoms with Crippen LogP contribution in [0.25, 0.3) is 11.0 Å². The first-order valence-electron chi connectivity index (χ1n) is 12.2. The van der Waals surface area contributed by atoms with E-state index in [1.807, 2.05) is 6.33 Å². The summed E-state index contributed by atoms with van der Waals surface area (Å²) in [6.45, 7) is 10.5. The highest BCUT2D eigenvalue weighted by Crippen LogP contribution is 2.63. The van der Waals surface area contributed by atoms with Crippen LogP contribution >= 0.6 is 0 Å². The number of rotatable bonds is 4. The molecule has 5 rings (SSSR count). The molecule has 0 spiro atoms.